The van der Waals surface area contributed by atoms with E-state index in [0.29, 0.717) is 19.4 Å². The molecule has 1 amide bonds. The van der Waals surface area contributed by atoms with Gasteiger partial charge in [-0.2, -0.15) is 0 Å². The molecule has 0 aliphatic carbocycles. The van der Waals surface area contributed by atoms with Crippen molar-refractivity contribution in [3.8, 4) is 0 Å². The van der Waals surface area contributed by atoms with Gasteiger partial charge in [0.25, 0.3) is 0 Å². The summed E-state index contributed by atoms with van der Waals surface area (Å²) in [4.78, 5) is 25.1. The van der Waals surface area contributed by atoms with Crippen LogP contribution in [0.25, 0.3) is 0 Å². The number of aliphatic hydroxyl groups is 5. The summed E-state index contributed by atoms with van der Waals surface area (Å²) in [6.45, 7) is 4.32. The third-order valence-electron chi connectivity index (χ3n) is 17.7. The lowest BCUT2D eigenvalue weighted by Crippen LogP contribution is -2.60. The van der Waals surface area contributed by atoms with Crippen molar-refractivity contribution in [3.05, 3.63) is 36.5 Å². The highest BCUT2D eigenvalue weighted by Gasteiger charge is 2.44. The SMILES string of the molecule is CCCC/C=C\CCCCCCCC(=O)OCCCCCCCCCCCCCCCCCC/C=C\CCCCCCCCCCCCCCCCCCCC(=O)NC(COC1OC(CO)C(O)C(O)C1O)C(O)/C=C/CCCCCCCCCC. The number of allylic oxidation sites excluding steroid dienone is 5. The fraction of sp³-hybridized carbons (Fsp3) is 0.893. The van der Waals surface area contributed by atoms with Crippen molar-refractivity contribution in [3.63, 3.8) is 0 Å². The van der Waals surface area contributed by atoms with Crippen LogP contribution in [-0.4, -0.2) is 100 Å². The number of esters is 1. The van der Waals surface area contributed by atoms with Gasteiger partial charge in [0.05, 0.1) is 32.0 Å². The smallest absolute Gasteiger partial charge is 0.305 e. The molecule has 11 nitrogen and oxygen atoms in total. The van der Waals surface area contributed by atoms with Crippen LogP contribution < -0.4 is 5.32 Å². The van der Waals surface area contributed by atoms with Crippen molar-refractivity contribution >= 4 is 11.9 Å². The van der Waals surface area contributed by atoms with E-state index in [9.17, 15) is 35.1 Å². The Morgan fingerprint density at radius 3 is 1.15 bits per heavy atom. The van der Waals surface area contributed by atoms with Crippen molar-refractivity contribution in [1.82, 2.24) is 5.32 Å². The molecule has 7 unspecified atom stereocenters. The quantitative estimate of drug-likeness (QED) is 0.0195. The summed E-state index contributed by atoms with van der Waals surface area (Å²) in [5, 5.41) is 54.4. The molecule has 0 radical (unpaired) electrons. The van der Waals surface area contributed by atoms with Crippen molar-refractivity contribution in [2.24, 2.45) is 0 Å². The fourth-order valence-electron chi connectivity index (χ4n) is 11.8. The predicted octanol–water partition coefficient (Wildman–Crippen LogP) is 19.4. The molecule has 0 aromatic heterocycles. The first-order chi connectivity index (χ1) is 42.2. The average molecular weight is 1220 g/mol. The highest BCUT2D eigenvalue weighted by molar-refractivity contribution is 5.76. The molecule has 1 heterocycles. The molecular formula is C75H141NO10. The summed E-state index contributed by atoms with van der Waals surface area (Å²) in [5.74, 6) is -0.173. The van der Waals surface area contributed by atoms with Gasteiger partial charge in [0.2, 0.25) is 5.91 Å². The summed E-state index contributed by atoms with van der Waals surface area (Å²) in [6.07, 6.45) is 73.2. The minimum Gasteiger partial charge on any atom is -0.466 e. The van der Waals surface area contributed by atoms with Crippen molar-refractivity contribution in [2.75, 3.05) is 19.8 Å². The molecule has 0 aromatic rings. The third kappa shape index (κ3) is 52.6. The summed E-state index contributed by atoms with van der Waals surface area (Å²) < 4.78 is 16.7. The van der Waals surface area contributed by atoms with Crippen LogP contribution >= 0.6 is 0 Å². The Hall–Kier alpha value is -2.12. The Kier molecular flexibility index (Phi) is 61.3. The number of rotatable bonds is 66. The van der Waals surface area contributed by atoms with Crippen LogP contribution in [-0.2, 0) is 23.8 Å². The van der Waals surface area contributed by atoms with E-state index in [1.54, 1.807) is 6.08 Å². The maximum Gasteiger partial charge on any atom is 0.305 e. The molecule has 0 saturated carbocycles. The van der Waals surface area contributed by atoms with Crippen LogP contribution in [0.1, 0.15) is 367 Å². The van der Waals surface area contributed by atoms with E-state index >= 15 is 0 Å². The second-order valence-corrected chi connectivity index (χ2v) is 26.0. The molecule has 1 aliphatic heterocycles. The van der Waals surface area contributed by atoms with Gasteiger partial charge in [0, 0.05) is 12.8 Å². The van der Waals surface area contributed by atoms with Crippen LogP contribution in [0.5, 0.6) is 0 Å². The first kappa shape index (κ1) is 81.9. The third-order valence-corrected chi connectivity index (χ3v) is 17.7. The maximum absolute atomic E-state index is 13.0. The van der Waals surface area contributed by atoms with Gasteiger partial charge in [-0.3, -0.25) is 9.59 Å². The monoisotopic (exact) mass is 1220 g/mol. The number of amides is 1. The Balaban J connectivity index is 1.89. The molecule has 0 aromatic carbocycles. The number of unbranched alkanes of at least 4 members (excludes halogenated alkanes) is 48. The van der Waals surface area contributed by atoms with E-state index in [0.717, 1.165) is 57.8 Å². The lowest BCUT2D eigenvalue weighted by Gasteiger charge is -2.40. The van der Waals surface area contributed by atoms with E-state index in [-0.39, 0.29) is 18.5 Å². The predicted molar refractivity (Wildman–Crippen MR) is 361 cm³/mol. The maximum atomic E-state index is 13.0. The summed E-state index contributed by atoms with van der Waals surface area (Å²) >= 11 is 0. The molecule has 0 bridgehead atoms. The van der Waals surface area contributed by atoms with Crippen molar-refractivity contribution < 1.29 is 49.3 Å². The van der Waals surface area contributed by atoms with Crippen LogP contribution in [0.2, 0.25) is 0 Å². The van der Waals surface area contributed by atoms with E-state index in [4.69, 9.17) is 14.2 Å². The Morgan fingerprint density at radius 2 is 0.756 bits per heavy atom. The molecule has 1 rings (SSSR count). The zero-order chi connectivity index (χ0) is 62.3. The molecule has 1 fully saturated rings. The van der Waals surface area contributed by atoms with Gasteiger partial charge in [-0.05, 0) is 77.0 Å². The number of nitrogens with one attached hydrogen (secondary N) is 1. The molecule has 86 heavy (non-hydrogen) atoms. The van der Waals surface area contributed by atoms with Crippen LogP contribution in [0.4, 0.5) is 0 Å². The Bertz CT molecular complexity index is 1520. The van der Waals surface area contributed by atoms with E-state index in [1.807, 2.05) is 6.08 Å². The number of hydrogen-bond acceptors (Lipinski definition) is 10. The number of ether oxygens (including phenoxy) is 3. The zero-order valence-electron chi connectivity index (χ0n) is 56.3. The summed E-state index contributed by atoms with van der Waals surface area (Å²) in [6, 6.07) is -0.806. The van der Waals surface area contributed by atoms with Gasteiger partial charge >= 0.3 is 5.97 Å². The standard InChI is InChI=1S/C75H141NO10/c1-3-5-7-9-11-13-42-47-51-55-59-63-71(80)84-64-60-56-52-48-44-41-39-37-35-33-31-29-27-25-23-21-19-17-15-16-18-20-22-24-26-28-30-32-34-36-38-40-43-46-50-54-58-62-70(79)76-67(66-85-75-74(83)73(82)72(81)69(65-77)86-75)68(78)61-57-53-49-45-14-12-10-8-6-4-2/h9,11,15,17,57,61,67-69,72-75,77-78,81-83H,3-8,10,12-14,16,18-56,58-60,62-66H2,1-2H3,(H,76,79)/b11-9-,17-15-,61-57+. The van der Waals surface area contributed by atoms with Gasteiger partial charge in [-0.15, -0.1) is 0 Å². The van der Waals surface area contributed by atoms with E-state index in [1.165, 1.54) is 283 Å². The molecule has 1 aliphatic rings. The lowest BCUT2D eigenvalue weighted by molar-refractivity contribution is -0.302. The molecule has 1 saturated heterocycles. The average Bonchev–Trinajstić information content (AvgIpc) is 3.55. The first-order valence-electron chi connectivity index (χ1n) is 37.3. The Labute approximate surface area is 530 Å². The van der Waals surface area contributed by atoms with Gasteiger partial charge in [0.15, 0.2) is 6.29 Å². The second-order valence-electron chi connectivity index (χ2n) is 26.0. The number of carbonyl (C=O) groups is 2. The highest BCUT2D eigenvalue weighted by Crippen LogP contribution is 2.23. The largest absolute Gasteiger partial charge is 0.466 e. The van der Waals surface area contributed by atoms with Crippen molar-refractivity contribution in [2.45, 2.75) is 410 Å². The number of aliphatic hydroxyl groups excluding tert-OH is 5. The zero-order valence-corrected chi connectivity index (χ0v) is 56.3. The van der Waals surface area contributed by atoms with Crippen LogP contribution in [0, 0.1) is 0 Å². The second kappa shape index (κ2) is 64.4. The Morgan fingerprint density at radius 1 is 0.419 bits per heavy atom. The van der Waals surface area contributed by atoms with E-state index < -0.39 is 49.5 Å². The molecular weight excluding hydrogens is 1070 g/mol. The molecule has 7 atom stereocenters. The minimum atomic E-state index is -1.57. The lowest BCUT2D eigenvalue weighted by atomic mass is 9.99. The fourth-order valence-corrected chi connectivity index (χ4v) is 11.8. The van der Waals surface area contributed by atoms with Gasteiger partial charge in [-0.1, -0.05) is 314 Å². The summed E-state index contributed by atoms with van der Waals surface area (Å²) in [7, 11) is 0. The first-order valence-corrected chi connectivity index (χ1v) is 37.3. The molecule has 0 spiro atoms. The minimum absolute atomic E-state index is 0.00434. The topological polar surface area (TPSA) is 175 Å². The molecule has 6 N–H and O–H groups in total. The number of hydrogen-bond donors (Lipinski definition) is 6. The number of carbonyl (C=O) groups excluding carboxylic acids is 2. The highest BCUT2D eigenvalue weighted by atomic mass is 16.7. The van der Waals surface area contributed by atoms with Crippen LogP contribution in [0.3, 0.4) is 0 Å². The van der Waals surface area contributed by atoms with Crippen molar-refractivity contribution in [1.29, 1.82) is 0 Å². The van der Waals surface area contributed by atoms with Gasteiger partial charge in [-0.25, -0.2) is 0 Å². The normalized spacial score (nSPS) is 18.1. The van der Waals surface area contributed by atoms with Crippen LogP contribution in [0.15, 0.2) is 36.5 Å². The van der Waals surface area contributed by atoms with Gasteiger partial charge < -0.3 is 45.1 Å². The van der Waals surface area contributed by atoms with Gasteiger partial charge in [0.1, 0.15) is 24.4 Å². The molecule has 506 valence electrons. The van der Waals surface area contributed by atoms with E-state index in [2.05, 4.69) is 43.5 Å². The molecule has 11 heteroatoms. The summed E-state index contributed by atoms with van der Waals surface area (Å²) in [5.41, 5.74) is 0.